The molecule has 2 nitrogen and oxygen atoms in total. The average Bonchev–Trinajstić information content (AvgIpc) is 2.62. The van der Waals surface area contributed by atoms with Crippen LogP contribution in [0, 0.1) is 5.82 Å². The second-order valence-electron chi connectivity index (χ2n) is 5.58. The Labute approximate surface area is 116 Å². The van der Waals surface area contributed by atoms with Gasteiger partial charge in [-0.05, 0) is 45.4 Å². The molecule has 0 saturated carbocycles. The Balaban J connectivity index is 2.41. The van der Waals surface area contributed by atoms with E-state index in [0.29, 0.717) is 6.04 Å². The lowest BCUT2D eigenvalue weighted by molar-refractivity contribution is 0.566. The number of nitrogens with zero attached hydrogens (tertiary/aromatic N) is 1. The van der Waals surface area contributed by atoms with E-state index in [0.717, 1.165) is 30.6 Å². The maximum Gasteiger partial charge on any atom is 0.146 e. The summed E-state index contributed by atoms with van der Waals surface area (Å²) in [6.07, 6.45) is 4.82. The van der Waals surface area contributed by atoms with Crippen molar-refractivity contribution in [2.75, 3.05) is 18.5 Å². The molecule has 1 fully saturated rings. The molecule has 106 valence electrons. The van der Waals surface area contributed by atoms with Crippen molar-refractivity contribution in [3.05, 3.63) is 29.6 Å². The highest BCUT2D eigenvalue weighted by molar-refractivity contribution is 5.57. The summed E-state index contributed by atoms with van der Waals surface area (Å²) in [4.78, 5) is 2.27. The standard InChI is InChI=1S/C16H25FN2/c1-12-8-5-4-6-11-19(12)16-14(13(2)18-3)9-7-10-15(16)17/h7,9-10,12-13,18H,4-6,8,11H2,1-3H3. The average molecular weight is 264 g/mol. The molecule has 1 aliphatic heterocycles. The summed E-state index contributed by atoms with van der Waals surface area (Å²) in [6.45, 7) is 5.26. The quantitative estimate of drug-likeness (QED) is 0.891. The minimum Gasteiger partial charge on any atom is -0.366 e. The summed E-state index contributed by atoms with van der Waals surface area (Å²) < 4.78 is 14.4. The molecule has 1 aromatic carbocycles. The molecule has 0 aliphatic carbocycles. The highest BCUT2D eigenvalue weighted by atomic mass is 19.1. The van der Waals surface area contributed by atoms with Gasteiger partial charge in [-0.3, -0.25) is 0 Å². The number of hydrogen-bond donors (Lipinski definition) is 1. The summed E-state index contributed by atoms with van der Waals surface area (Å²) >= 11 is 0. The number of halogens is 1. The van der Waals surface area contributed by atoms with E-state index in [4.69, 9.17) is 0 Å². The SMILES string of the molecule is CNC(C)c1cccc(F)c1N1CCCCCC1C. The number of anilines is 1. The summed E-state index contributed by atoms with van der Waals surface area (Å²) in [5.74, 6) is -0.0895. The molecular weight excluding hydrogens is 239 g/mol. The van der Waals surface area contributed by atoms with E-state index >= 15 is 0 Å². The van der Waals surface area contributed by atoms with Crippen LogP contribution in [-0.4, -0.2) is 19.6 Å². The van der Waals surface area contributed by atoms with Crippen LogP contribution in [0.4, 0.5) is 10.1 Å². The first-order chi connectivity index (χ1) is 9.15. The van der Waals surface area contributed by atoms with E-state index in [9.17, 15) is 4.39 Å². The Kier molecular flexibility index (Phi) is 4.81. The summed E-state index contributed by atoms with van der Waals surface area (Å²) in [6, 6.07) is 6.02. The maximum absolute atomic E-state index is 14.4. The van der Waals surface area contributed by atoms with E-state index in [1.165, 1.54) is 12.8 Å². The molecule has 1 aromatic rings. The molecule has 2 rings (SSSR count). The smallest absolute Gasteiger partial charge is 0.146 e. The third kappa shape index (κ3) is 3.08. The molecule has 19 heavy (non-hydrogen) atoms. The van der Waals surface area contributed by atoms with Crippen LogP contribution in [0.2, 0.25) is 0 Å². The maximum atomic E-state index is 14.4. The number of nitrogens with one attached hydrogen (secondary N) is 1. The van der Waals surface area contributed by atoms with Crippen molar-refractivity contribution in [1.29, 1.82) is 0 Å². The van der Waals surface area contributed by atoms with Crippen LogP contribution in [0.3, 0.4) is 0 Å². The molecule has 0 aromatic heterocycles. The van der Waals surface area contributed by atoms with E-state index in [2.05, 4.69) is 24.1 Å². The molecule has 1 N–H and O–H groups in total. The Bertz CT molecular complexity index is 419. The van der Waals surface area contributed by atoms with Crippen molar-refractivity contribution in [3.8, 4) is 0 Å². The Morgan fingerprint density at radius 3 is 2.84 bits per heavy atom. The zero-order chi connectivity index (χ0) is 13.8. The molecular formula is C16H25FN2. The molecule has 2 unspecified atom stereocenters. The molecule has 0 bridgehead atoms. The van der Waals surface area contributed by atoms with Crippen molar-refractivity contribution < 1.29 is 4.39 Å². The molecule has 0 amide bonds. The predicted octanol–water partition coefficient (Wildman–Crippen LogP) is 3.88. The van der Waals surface area contributed by atoms with Crippen molar-refractivity contribution >= 4 is 5.69 Å². The number of rotatable bonds is 3. The van der Waals surface area contributed by atoms with Crippen LogP contribution in [0.5, 0.6) is 0 Å². The van der Waals surface area contributed by atoms with Gasteiger partial charge in [-0.1, -0.05) is 25.0 Å². The van der Waals surface area contributed by atoms with Crippen molar-refractivity contribution in [2.24, 2.45) is 0 Å². The van der Waals surface area contributed by atoms with Gasteiger partial charge in [0.15, 0.2) is 0 Å². The van der Waals surface area contributed by atoms with Crippen molar-refractivity contribution in [2.45, 2.75) is 51.6 Å². The zero-order valence-electron chi connectivity index (χ0n) is 12.2. The van der Waals surface area contributed by atoms with Gasteiger partial charge in [0.05, 0.1) is 5.69 Å². The van der Waals surface area contributed by atoms with Crippen LogP contribution < -0.4 is 10.2 Å². The van der Waals surface area contributed by atoms with Gasteiger partial charge in [0, 0.05) is 18.6 Å². The minimum absolute atomic E-state index is 0.0895. The monoisotopic (exact) mass is 264 g/mol. The van der Waals surface area contributed by atoms with Crippen LogP contribution in [0.25, 0.3) is 0 Å². The zero-order valence-corrected chi connectivity index (χ0v) is 12.2. The Morgan fingerprint density at radius 2 is 2.11 bits per heavy atom. The molecule has 1 aliphatic rings. The van der Waals surface area contributed by atoms with Gasteiger partial charge < -0.3 is 10.2 Å². The first-order valence-electron chi connectivity index (χ1n) is 7.37. The van der Waals surface area contributed by atoms with Gasteiger partial charge in [-0.2, -0.15) is 0 Å². The molecule has 1 heterocycles. The molecule has 1 saturated heterocycles. The second kappa shape index (κ2) is 6.38. The fourth-order valence-corrected chi connectivity index (χ4v) is 2.95. The molecule has 3 heteroatoms. The van der Waals surface area contributed by atoms with E-state index in [-0.39, 0.29) is 11.9 Å². The fourth-order valence-electron chi connectivity index (χ4n) is 2.95. The normalized spacial score (nSPS) is 22.1. The molecule has 2 atom stereocenters. The Hall–Kier alpha value is -1.09. The van der Waals surface area contributed by atoms with Gasteiger partial charge in [0.2, 0.25) is 0 Å². The van der Waals surface area contributed by atoms with Crippen LogP contribution >= 0.6 is 0 Å². The fraction of sp³-hybridized carbons (Fsp3) is 0.625. The molecule has 0 radical (unpaired) electrons. The lowest BCUT2D eigenvalue weighted by atomic mass is 10.0. The lowest BCUT2D eigenvalue weighted by Crippen LogP contribution is -2.34. The van der Waals surface area contributed by atoms with Gasteiger partial charge in [-0.25, -0.2) is 4.39 Å². The lowest BCUT2D eigenvalue weighted by Gasteiger charge is -2.33. The number of benzene rings is 1. The molecule has 0 spiro atoms. The summed E-state index contributed by atoms with van der Waals surface area (Å²) in [5.41, 5.74) is 1.87. The van der Waals surface area contributed by atoms with Gasteiger partial charge in [0.1, 0.15) is 5.82 Å². The largest absolute Gasteiger partial charge is 0.366 e. The highest BCUT2D eigenvalue weighted by Gasteiger charge is 2.24. The third-order valence-electron chi connectivity index (χ3n) is 4.26. The van der Waals surface area contributed by atoms with E-state index in [1.54, 1.807) is 6.07 Å². The van der Waals surface area contributed by atoms with E-state index in [1.807, 2.05) is 19.2 Å². The topological polar surface area (TPSA) is 15.3 Å². The minimum atomic E-state index is -0.0895. The van der Waals surface area contributed by atoms with Crippen molar-refractivity contribution in [3.63, 3.8) is 0 Å². The number of para-hydroxylation sites is 1. The number of hydrogen-bond acceptors (Lipinski definition) is 2. The van der Waals surface area contributed by atoms with E-state index < -0.39 is 0 Å². The summed E-state index contributed by atoms with van der Waals surface area (Å²) in [5, 5.41) is 3.23. The van der Waals surface area contributed by atoms with Crippen molar-refractivity contribution in [1.82, 2.24) is 5.32 Å². The predicted molar refractivity (Wildman–Crippen MR) is 79.2 cm³/mol. The highest BCUT2D eigenvalue weighted by Crippen LogP contribution is 2.33. The van der Waals surface area contributed by atoms with Crippen LogP contribution in [-0.2, 0) is 0 Å². The second-order valence-corrected chi connectivity index (χ2v) is 5.58. The summed E-state index contributed by atoms with van der Waals surface area (Å²) in [7, 11) is 1.92. The van der Waals surface area contributed by atoms with Crippen LogP contribution in [0.1, 0.15) is 51.1 Å². The van der Waals surface area contributed by atoms with Crippen LogP contribution in [0.15, 0.2) is 18.2 Å². The van der Waals surface area contributed by atoms with Gasteiger partial charge in [-0.15, -0.1) is 0 Å². The third-order valence-corrected chi connectivity index (χ3v) is 4.26. The first-order valence-corrected chi connectivity index (χ1v) is 7.37. The Morgan fingerprint density at radius 1 is 1.32 bits per heavy atom. The van der Waals surface area contributed by atoms with Gasteiger partial charge in [0.25, 0.3) is 0 Å². The van der Waals surface area contributed by atoms with Gasteiger partial charge >= 0.3 is 0 Å². The first kappa shape index (κ1) is 14.3.